The number of rotatable bonds is 6. The maximum absolute atomic E-state index is 9.40. The fourth-order valence-corrected chi connectivity index (χ4v) is 4.53. The van der Waals surface area contributed by atoms with Gasteiger partial charge in [0.2, 0.25) is 0 Å². The summed E-state index contributed by atoms with van der Waals surface area (Å²) in [6.45, 7) is 6.42. The summed E-state index contributed by atoms with van der Waals surface area (Å²) in [6.07, 6.45) is 3.42. The van der Waals surface area contributed by atoms with Crippen LogP contribution in [0, 0.1) is 23.0 Å². The summed E-state index contributed by atoms with van der Waals surface area (Å²) in [5.74, 6) is 2.38. The number of aromatic nitrogens is 4. The Morgan fingerprint density at radius 1 is 1.06 bits per heavy atom. The van der Waals surface area contributed by atoms with Crippen LogP contribution in [0.5, 0.6) is 0 Å². The van der Waals surface area contributed by atoms with E-state index < -0.39 is 0 Å². The zero-order chi connectivity index (χ0) is 23.5. The highest BCUT2D eigenvalue weighted by molar-refractivity contribution is 7.71. The molecule has 4 heterocycles. The molecule has 1 fully saturated rings. The van der Waals surface area contributed by atoms with Gasteiger partial charge in [0, 0.05) is 32.4 Å². The highest BCUT2D eigenvalue weighted by Crippen LogP contribution is 2.25. The lowest BCUT2D eigenvalue weighted by Gasteiger charge is -2.35. The third kappa shape index (κ3) is 4.38. The van der Waals surface area contributed by atoms with Gasteiger partial charge in [0.1, 0.15) is 17.6 Å². The molecule has 1 saturated heterocycles. The van der Waals surface area contributed by atoms with Gasteiger partial charge in [-0.05, 0) is 42.9 Å². The molecule has 9 heteroatoms. The SMILES string of the molecule is Cc1occc1-c1nn(CN2CCN(c3ncccc3C#N)CC2)c(=S)n1Cc1ccccc1. The molecule has 0 aliphatic carbocycles. The van der Waals surface area contributed by atoms with E-state index in [1.807, 2.05) is 41.9 Å². The second-order valence-corrected chi connectivity index (χ2v) is 8.67. The second kappa shape index (κ2) is 9.63. The Morgan fingerprint density at radius 3 is 2.56 bits per heavy atom. The number of piperazine rings is 1. The average molecular weight is 472 g/mol. The standard InChI is InChI=1S/C25H25N7OS/c1-19-22(9-15-33-19)24-28-32(25(34)31(24)17-20-6-3-2-4-7-20)18-29-11-13-30(14-12-29)23-21(16-26)8-5-10-27-23/h2-10,15H,11-14,17-18H2,1H3. The topological polar surface area (TPSA) is 79.1 Å². The lowest BCUT2D eigenvalue weighted by Crippen LogP contribution is -2.47. The van der Waals surface area contributed by atoms with Crippen molar-refractivity contribution >= 4 is 18.0 Å². The van der Waals surface area contributed by atoms with E-state index in [0.717, 1.165) is 54.7 Å². The van der Waals surface area contributed by atoms with Crippen LogP contribution in [0.2, 0.25) is 0 Å². The number of nitrogens with zero attached hydrogens (tertiary/aromatic N) is 7. The van der Waals surface area contributed by atoms with Gasteiger partial charge in [-0.15, -0.1) is 0 Å². The van der Waals surface area contributed by atoms with Crippen LogP contribution in [-0.2, 0) is 13.2 Å². The number of nitriles is 1. The van der Waals surface area contributed by atoms with Crippen molar-refractivity contribution < 1.29 is 4.42 Å². The Bertz CT molecular complexity index is 1370. The zero-order valence-electron chi connectivity index (χ0n) is 19.0. The molecular formula is C25H25N7OS. The van der Waals surface area contributed by atoms with Gasteiger partial charge in [0.15, 0.2) is 10.6 Å². The molecule has 0 radical (unpaired) electrons. The first-order chi connectivity index (χ1) is 16.6. The van der Waals surface area contributed by atoms with E-state index in [4.69, 9.17) is 21.7 Å². The number of aryl methyl sites for hydroxylation is 1. The molecule has 8 nitrogen and oxygen atoms in total. The summed E-state index contributed by atoms with van der Waals surface area (Å²) >= 11 is 5.88. The smallest absolute Gasteiger partial charge is 0.199 e. The van der Waals surface area contributed by atoms with Crippen molar-refractivity contribution in [3.8, 4) is 17.5 Å². The first kappa shape index (κ1) is 22.1. The number of benzene rings is 1. The van der Waals surface area contributed by atoms with Crippen molar-refractivity contribution in [1.29, 1.82) is 5.26 Å². The lowest BCUT2D eigenvalue weighted by molar-refractivity contribution is 0.194. The average Bonchev–Trinajstić information content (AvgIpc) is 3.43. The maximum atomic E-state index is 9.40. The van der Waals surface area contributed by atoms with Gasteiger partial charge < -0.3 is 9.32 Å². The molecule has 0 saturated carbocycles. The highest BCUT2D eigenvalue weighted by Gasteiger charge is 2.22. The van der Waals surface area contributed by atoms with Gasteiger partial charge in [-0.2, -0.15) is 10.4 Å². The van der Waals surface area contributed by atoms with Gasteiger partial charge in [0.05, 0.1) is 30.6 Å². The molecule has 172 valence electrons. The van der Waals surface area contributed by atoms with Crippen molar-refractivity contribution in [2.24, 2.45) is 0 Å². The summed E-state index contributed by atoms with van der Waals surface area (Å²) in [6, 6.07) is 18.1. The molecule has 0 N–H and O–H groups in total. The molecule has 0 spiro atoms. The number of hydrogen-bond donors (Lipinski definition) is 0. The van der Waals surface area contributed by atoms with Crippen LogP contribution in [0.1, 0.15) is 16.9 Å². The Hall–Kier alpha value is -3.74. The summed E-state index contributed by atoms with van der Waals surface area (Å²) in [4.78, 5) is 8.92. The molecule has 1 aromatic carbocycles. The van der Waals surface area contributed by atoms with E-state index >= 15 is 0 Å². The van der Waals surface area contributed by atoms with Crippen LogP contribution in [-0.4, -0.2) is 50.4 Å². The number of hydrogen-bond acceptors (Lipinski definition) is 7. The third-order valence-electron chi connectivity index (χ3n) is 6.12. The quantitative estimate of drug-likeness (QED) is 0.392. The number of anilines is 1. The largest absolute Gasteiger partial charge is 0.469 e. The van der Waals surface area contributed by atoms with E-state index in [1.54, 1.807) is 18.5 Å². The van der Waals surface area contributed by atoms with Gasteiger partial charge in [0.25, 0.3) is 0 Å². The molecule has 4 aromatic rings. The fraction of sp³-hybridized carbons (Fsp3) is 0.280. The Morgan fingerprint density at radius 2 is 1.85 bits per heavy atom. The first-order valence-electron chi connectivity index (χ1n) is 11.2. The van der Waals surface area contributed by atoms with E-state index in [2.05, 4.69) is 37.6 Å². The van der Waals surface area contributed by atoms with Crippen LogP contribution in [0.3, 0.4) is 0 Å². The van der Waals surface area contributed by atoms with Crippen LogP contribution < -0.4 is 4.90 Å². The molecule has 1 aliphatic rings. The van der Waals surface area contributed by atoms with Gasteiger partial charge in [-0.25, -0.2) is 9.67 Å². The van der Waals surface area contributed by atoms with Crippen LogP contribution >= 0.6 is 12.2 Å². The van der Waals surface area contributed by atoms with Crippen molar-refractivity contribution in [2.45, 2.75) is 20.1 Å². The van der Waals surface area contributed by atoms with Crippen molar-refractivity contribution in [1.82, 2.24) is 24.2 Å². The summed E-state index contributed by atoms with van der Waals surface area (Å²) < 4.78 is 10.2. The predicted molar refractivity (Wildman–Crippen MR) is 132 cm³/mol. The van der Waals surface area contributed by atoms with Gasteiger partial charge in [-0.1, -0.05) is 30.3 Å². The normalized spacial score (nSPS) is 14.3. The molecule has 1 aliphatic heterocycles. The minimum absolute atomic E-state index is 0.603. The second-order valence-electron chi connectivity index (χ2n) is 8.30. The monoisotopic (exact) mass is 471 g/mol. The van der Waals surface area contributed by atoms with E-state index in [9.17, 15) is 5.26 Å². The summed E-state index contributed by atoms with van der Waals surface area (Å²) in [5, 5.41) is 14.3. The molecular weight excluding hydrogens is 446 g/mol. The van der Waals surface area contributed by atoms with Crippen LogP contribution in [0.15, 0.2) is 65.4 Å². The summed E-state index contributed by atoms with van der Waals surface area (Å²) in [5.41, 5.74) is 2.72. The van der Waals surface area contributed by atoms with E-state index in [-0.39, 0.29) is 0 Å². The molecule has 0 bridgehead atoms. The van der Waals surface area contributed by atoms with Crippen LogP contribution in [0.4, 0.5) is 5.82 Å². The Kier molecular flexibility index (Phi) is 6.25. The molecule has 0 unspecified atom stereocenters. The maximum Gasteiger partial charge on any atom is 0.199 e. The third-order valence-corrected chi connectivity index (χ3v) is 6.55. The first-order valence-corrected chi connectivity index (χ1v) is 11.6. The fourth-order valence-electron chi connectivity index (χ4n) is 4.28. The molecule has 0 amide bonds. The highest BCUT2D eigenvalue weighted by atomic mass is 32.1. The zero-order valence-corrected chi connectivity index (χ0v) is 19.8. The number of pyridine rings is 1. The van der Waals surface area contributed by atoms with Crippen molar-refractivity contribution in [3.63, 3.8) is 0 Å². The van der Waals surface area contributed by atoms with E-state index in [1.165, 1.54) is 0 Å². The number of furan rings is 1. The molecule has 34 heavy (non-hydrogen) atoms. The predicted octanol–water partition coefficient (Wildman–Crippen LogP) is 4.08. The summed E-state index contributed by atoms with van der Waals surface area (Å²) in [7, 11) is 0. The molecule has 3 aromatic heterocycles. The van der Waals surface area contributed by atoms with Crippen molar-refractivity contribution in [2.75, 3.05) is 31.1 Å². The minimum Gasteiger partial charge on any atom is -0.469 e. The Labute approximate surface area is 203 Å². The van der Waals surface area contributed by atoms with E-state index in [0.29, 0.717) is 23.5 Å². The Balaban J connectivity index is 1.37. The van der Waals surface area contributed by atoms with Crippen molar-refractivity contribution in [3.05, 3.63) is 82.6 Å². The van der Waals surface area contributed by atoms with Gasteiger partial charge in [-0.3, -0.25) is 9.47 Å². The minimum atomic E-state index is 0.603. The molecule has 0 atom stereocenters. The molecule has 5 rings (SSSR count). The van der Waals surface area contributed by atoms with Crippen LogP contribution in [0.25, 0.3) is 11.4 Å². The van der Waals surface area contributed by atoms with Gasteiger partial charge >= 0.3 is 0 Å². The lowest BCUT2D eigenvalue weighted by atomic mass is 10.2.